The van der Waals surface area contributed by atoms with Gasteiger partial charge in [-0.2, -0.15) is 14.4 Å². The van der Waals surface area contributed by atoms with E-state index < -0.39 is 5.95 Å². The Labute approximate surface area is 177 Å². The summed E-state index contributed by atoms with van der Waals surface area (Å²) >= 11 is 0. The van der Waals surface area contributed by atoms with E-state index >= 15 is 0 Å². The van der Waals surface area contributed by atoms with Crippen molar-refractivity contribution in [2.24, 2.45) is 0 Å². The first kappa shape index (κ1) is 19.3. The zero-order chi connectivity index (χ0) is 21.5. The number of likely N-dealkylation sites (tertiary alicyclic amines) is 1. The zero-order valence-corrected chi connectivity index (χ0v) is 17.2. The Bertz CT molecular complexity index is 1270. The molecule has 0 bridgehead atoms. The van der Waals surface area contributed by atoms with E-state index in [1.54, 1.807) is 26.3 Å². The summed E-state index contributed by atoms with van der Waals surface area (Å²) in [5, 5.41) is 4.08. The lowest BCUT2D eigenvalue weighted by Gasteiger charge is -2.31. The number of hydrogen-bond donors (Lipinski definition) is 2. The number of anilines is 1. The van der Waals surface area contributed by atoms with E-state index in [0.717, 1.165) is 29.4 Å². The van der Waals surface area contributed by atoms with E-state index in [1.807, 2.05) is 17.2 Å². The van der Waals surface area contributed by atoms with Gasteiger partial charge in [0.2, 0.25) is 23.7 Å². The predicted molar refractivity (Wildman–Crippen MR) is 113 cm³/mol. The Morgan fingerprint density at radius 3 is 2.84 bits per heavy atom. The lowest BCUT2D eigenvalue weighted by molar-refractivity contribution is -0.129. The molecule has 1 aliphatic rings. The number of ether oxygens (including phenoxy) is 1. The number of carbonyl (C=O) groups excluding carboxylic acids is 1. The molecule has 2 N–H and O–H groups in total. The number of hydrogen-bond acceptors (Lipinski definition) is 6. The maximum atomic E-state index is 14.0. The van der Waals surface area contributed by atoms with Crippen molar-refractivity contribution >= 4 is 28.5 Å². The molecule has 0 saturated carbocycles. The minimum atomic E-state index is -0.429. The maximum Gasteiger partial charge on any atom is 0.228 e. The number of piperidine rings is 1. The number of pyridine rings is 1. The molecule has 0 atom stereocenters. The van der Waals surface area contributed by atoms with Crippen LogP contribution in [0.15, 0.2) is 30.7 Å². The SMILES string of the molecule is COc1nc(NC2CCN(C(C)=O)CC2)nc2[nH]cc(-c3ccc4ncc(F)n4c3)c12. The number of nitrogens with zero attached hydrogens (tertiary/aromatic N) is 5. The summed E-state index contributed by atoms with van der Waals surface area (Å²) in [5.74, 6) is 0.568. The Balaban J connectivity index is 1.46. The molecule has 4 aromatic rings. The molecule has 1 aliphatic heterocycles. The second-order valence-corrected chi connectivity index (χ2v) is 7.63. The van der Waals surface area contributed by atoms with Gasteiger partial charge in [-0.1, -0.05) is 0 Å². The zero-order valence-electron chi connectivity index (χ0n) is 17.2. The van der Waals surface area contributed by atoms with Crippen LogP contribution in [0.1, 0.15) is 19.8 Å². The van der Waals surface area contributed by atoms with E-state index in [1.165, 1.54) is 10.6 Å². The highest BCUT2D eigenvalue weighted by molar-refractivity contribution is 5.97. The number of imidazole rings is 1. The summed E-state index contributed by atoms with van der Waals surface area (Å²) in [6.07, 6.45) is 6.35. The van der Waals surface area contributed by atoms with Crippen LogP contribution in [0, 0.1) is 5.95 Å². The number of aromatic nitrogens is 5. The largest absolute Gasteiger partial charge is 0.480 e. The van der Waals surface area contributed by atoms with Crippen LogP contribution >= 0.6 is 0 Å². The van der Waals surface area contributed by atoms with Crippen LogP contribution in [0.3, 0.4) is 0 Å². The smallest absolute Gasteiger partial charge is 0.228 e. The normalized spacial score (nSPS) is 15.0. The highest BCUT2D eigenvalue weighted by Gasteiger charge is 2.23. The molecule has 0 aliphatic carbocycles. The molecule has 10 heteroatoms. The van der Waals surface area contributed by atoms with Gasteiger partial charge < -0.3 is 19.9 Å². The number of rotatable bonds is 4. The number of halogens is 1. The highest BCUT2D eigenvalue weighted by Crippen LogP contribution is 2.34. The Morgan fingerprint density at radius 1 is 1.29 bits per heavy atom. The van der Waals surface area contributed by atoms with Gasteiger partial charge >= 0.3 is 0 Å². The van der Waals surface area contributed by atoms with E-state index in [4.69, 9.17) is 4.74 Å². The molecule has 9 nitrogen and oxygen atoms in total. The summed E-state index contributed by atoms with van der Waals surface area (Å²) in [4.78, 5) is 29.7. The first-order valence-corrected chi connectivity index (χ1v) is 10.1. The van der Waals surface area contributed by atoms with Gasteiger partial charge in [-0.25, -0.2) is 4.98 Å². The van der Waals surface area contributed by atoms with Crippen molar-refractivity contribution in [2.45, 2.75) is 25.8 Å². The lowest BCUT2D eigenvalue weighted by Crippen LogP contribution is -2.41. The van der Waals surface area contributed by atoms with Crippen LogP contribution in [0.5, 0.6) is 5.88 Å². The second kappa shape index (κ2) is 7.53. The van der Waals surface area contributed by atoms with Crippen LogP contribution in [0.4, 0.5) is 10.3 Å². The number of fused-ring (bicyclic) bond motifs is 2. The number of methoxy groups -OCH3 is 1. The number of aromatic amines is 1. The highest BCUT2D eigenvalue weighted by atomic mass is 19.1. The van der Waals surface area contributed by atoms with Gasteiger partial charge in [0.15, 0.2) is 0 Å². The van der Waals surface area contributed by atoms with Crippen molar-refractivity contribution in [3.05, 3.63) is 36.7 Å². The molecule has 31 heavy (non-hydrogen) atoms. The molecule has 0 unspecified atom stereocenters. The molecule has 0 radical (unpaired) electrons. The second-order valence-electron chi connectivity index (χ2n) is 7.63. The van der Waals surface area contributed by atoms with Gasteiger partial charge in [0.05, 0.1) is 18.7 Å². The summed E-state index contributed by atoms with van der Waals surface area (Å²) in [6.45, 7) is 3.02. The monoisotopic (exact) mass is 423 g/mol. The van der Waals surface area contributed by atoms with Crippen molar-refractivity contribution in [1.29, 1.82) is 0 Å². The van der Waals surface area contributed by atoms with E-state index in [0.29, 0.717) is 36.2 Å². The van der Waals surface area contributed by atoms with Gasteiger partial charge in [-0.3, -0.25) is 9.20 Å². The minimum Gasteiger partial charge on any atom is -0.480 e. The molecule has 1 amide bonds. The van der Waals surface area contributed by atoms with Crippen LogP contribution in [-0.2, 0) is 4.79 Å². The van der Waals surface area contributed by atoms with Crippen molar-refractivity contribution in [1.82, 2.24) is 29.2 Å². The van der Waals surface area contributed by atoms with Crippen molar-refractivity contribution < 1.29 is 13.9 Å². The number of carbonyl (C=O) groups is 1. The predicted octanol–water partition coefficient (Wildman–Crippen LogP) is 2.84. The third kappa shape index (κ3) is 3.43. The third-order valence-corrected chi connectivity index (χ3v) is 5.74. The first-order valence-electron chi connectivity index (χ1n) is 10.1. The van der Waals surface area contributed by atoms with Gasteiger partial charge in [0.25, 0.3) is 0 Å². The van der Waals surface area contributed by atoms with Gasteiger partial charge in [-0.15, -0.1) is 0 Å². The molecule has 1 fully saturated rings. The number of nitrogens with one attached hydrogen (secondary N) is 2. The van der Waals surface area contributed by atoms with Crippen LogP contribution in [0.25, 0.3) is 27.8 Å². The molecule has 5 heterocycles. The molecule has 0 spiro atoms. The molecular formula is C21H22FN7O2. The fourth-order valence-electron chi connectivity index (χ4n) is 4.07. The summed E-state index contributed by atoms with van der Waals surface area (Å²) in [5.41, 5.74) is 2.75. The fourth-order valence-corrected chi connectivity index (χ4v) is 4.07. The van der Waals surface area contributed by atoms with Gasteiger partial charge in [0, 0.05) is 49.6 Å². The summed E-state index contributed by atoms with van der Waals surface area (Å²) in [7, 11) is 1.56. The quantitative estimate of drug-likeness (QED) is 0.524. The van der Waals surface area contributed by atoms with E-state index in [2.05, 4.69) is 25.3 Å². The Hall–Kier alpha value is -3.69. The van der Waals surface area contributed by atoms with Crippen molar-refractivity contribution in [3.63, 3.8) is 0 Å². The standard InChI is InChI=1S/C21H22FN7O2/c1-12(30)28-7-5-14(6-8-28)25-21-26-19-18(20(27-21)31-2)15(9-24-19)13-3-4-17-23-10-16(22)29(17)11-13/h3-4,9-11,14H,5-8H2,1-2H3,(H2,24,25,26,27). The molecule has 0 aromatic carbocycles. The minimum absolute atomic E-state index is 0.102. The molecule has 4 aromatic heterocycles. The molecular weight excluding hydrogens is 401 g/mol. The number of amides is 1. The van der Waals surface area contributed by atoms with Gasteiger partial charge in [-0.05, 0) is 25.0 Å². The fraction of sp³-hybridized carbons (Fsp3) is 0.333. The third-order valence-electron chi connectivity index (χ3n) is 5.74. The average molecular weight is 423 g/mol. The molecule has 1 saturated heterocycles. The van der Waals surface area contributed by atoms with E-state index in [9.17, 15) is 9.18 Å². The Kier molecular flexibility index (Phi) is 4.68. The Morgan fingerprint density at radius 2 is 2.10 bits per heavy atom. The first-order chi connectivity index (χ1) is 15.0. The topological polar surface area (TPSA) is 100 Å². The molecule has 160 valence electrons. The van der Waals surface area contributed by atoms with Crippen LogP contribution in [0.2, 0.25) is 0 Å². The lowest BCUT2D eigenvalue weighted by atomic mass is 10.1. The summed E-state index contributed by atoms with van der Waals surface area (Å²) < 4.78 is 20.9. The number of H-pyrrole nitrogens is 1. The van der Waals surface area contributed by atoms with Gasteiger partial charge in [0.1, 0.15) is 11.3 Å². The van der Waals surface area contributed by atoms with Crippen molar-refractivity contribution in [2.75, 3.05) is 25.5 Å². The van der Waals surface area contributed by atoms with E-state index in [-0.39, 0.29) is 11.9 Å². The average Bonchev–Trinajstić information content (AvgIpc) is 3.37. The summed E-state index contributed by atoms with van der Waals surface area (Å²) in [6, 6.07) is 3.81. The van der Waals surface area contributed by atoms with Crippen molar-refractivity contribution in [3.8, 4) is 17.0 Å². The van der Waals surface area contributed by atoms with Crippen LogP contribution < -0.4 is 10.1 Å². The van der Waals surface area contributed by atoms with Crippen LogP contribution in [-0.4, -0.2) is 61.4 Å². The maximum absolute atomic E-state index is 14.0. The molecule has 5 rings (SSSR count).